The summed E-state index contributed by atoms with van der Waals surface area (Å²) in [7, 11) is 0. The maximum Gasteiger partial charge on any atom is 0.277 e. The van der Waals surface area contributed by atoms with Gasteiger partial charge in [0.1, 0.15) is 5.69 Å². The van der Waals surface area contributed by atoms with E-state index in [1.807, 2.05) is 31.4 Å². The Kier molecular flexibility index (Phi) is 6.63. The van der Waals surface area contributed by atoms with E-state index in [0.29, 0.717) is 17.7 Å². The van der Waals surface area contributed by atoms with Gasteiger partial charge in [-0.15, -0.1) is 21.5 Å². The Bertz CT molecular complexity index is 981. The highest BCUT2D eigenvalue weighted by molar-refractivity contribution is 7.99. The Morgan fingerprint density at radius 3 is 2.79 bits per heavy atom. The van der Waals surface area contributed by atoms with Gasteiger partial charge < -0.3 is 9.73 Å². The van der Waals surface area contributed by atoms with Crippen molar-refractivity contribution < 1.29 is 9.21 Å². The molecule has 0 bridgehead atoms. The lowest BCUT2D eigenvalue weighted by molar-refractivity contribution is -0.119. The molecule has 3 heterocycles. The number of hydrogen-bond donors (Lipinski definition) is 1. The summed E-state index contributed by atoms with van der Waals surface area (Å²) in [5.74, 6) is 0.572. The average molecular weight is 420 g/mol. The minimum atomic E-state index is -0.235. The predicted octanol–water partition coefficient (Wildman–Crippen LogP) is 2.60. The van der Waals surface area contributed by atoms with Crippen LogP contribution in [0.25, 0.3) is 10.6 Å². The molecule has 3 aromatic rings. The van der Waals surface area contributed by atoms with Crippen LogP contribution in [0.4, 0.5) is 0 Å². The monoisotopic (exact) mass is 419 g/mol. The lowest BCUT2D eigenvalue weighted by Crippen LogP contribution is -2.44. The summed E-state index contributed by atoms with van der Waals surface area (Å²) in [6.45, 7) is 5.98. The number of aryl methyl sites for hydroxylation is 1. The number of nitrogens with one attached hydrogen (secondary N) is 1. The first-order chi connectivity index (χ1) is 13.4. The number of amides is 1. The lowest BCUT2D eigenvalue weighted by Gasteiger charge is -2.22. The van der Waals surface area contributed by atoms with Crippen LogP contribution in [0.5, 0.6) is 0 Å². The van der Waals surface area contributed by atoms with Crippen LogP contribution in [0.3, 0.4) is 0 Å². The fourth-order valence-electron chi connectivity index (χ4n) is 2.46. The maximum absolute atomic E-state index is 12.3. The second-order valence-electron chi connectivity index (χ2n) is 6.51. The van der Waals surface area contributed by atoms with Crippen molar-refractivity contribution >= 4 is 29.0 Å². The SMILES string of the molecule is Cc1nnc(SCC(=O)N[C@@H](Cn2nc(-c3cccs3)ccc2=O)C(C)C)o1. The van der Waals surface area contributed by atoms with Gasteiger partial charge in [-0.2, -0.15) is 5.10 Å². The van der Waals surface area contributed by atoms with Gasteiger partial charge in [0.25, 0.3) is 10.8 Å². The molecule has 0 saturated heterocycles. The van der Waals surface area contributed by atoms with Crippen molar-refractivity contribution in [2.24, 2.45) is 5.92 Å². The molecule has 0 unspecified atom stereocenters. The smallest absolute Gasteiger partial charge is 0.277 e. The zero-order valence-electron chi connectivity index (χ0n) is 15.8. The zero-order valence-corrected chi connectivity index (χ0v) is 17.4. The topological polar surface area (TPSA) is 103 Å². The van der Waals surface area contributed by atoms with Crippen molar-refractivity contribution in [2.75, 3.05) is 5.75 Å². The number of carbonyl (C=O) groups excluding carboxylic acids is 1. The first-order valence-corrected chi connectivity index (χ1v) is 10.6. The molecule has 0 saturated carbocycles. The molecule has 1 amide bonds. The molecule has 8 nitrogen and oxygen atoms in total. The first kappa shape index (κ1) is 20.3. The quantitative estimate of drug-likeness (QED) is 0.560. The Morgan fingerprint density at radius 1 is 1.32 bits per heavy atom. The minimum Gasteiger partial charge on any atom is -0.416 e. The minimum absolute atomic E-state index is 0.124. The van der Waals surface area contributed by atoms with Gasteiger partial charge in [0.15, 0.2) is 0 Å². The highest BCUT2D eigenvalue weighted by atomic mass is 32.2. The third kappa shape index (κ3) is 5.29. The van der Waals surface area contributed by atoms with Crippen molar-refractivity contribution in [3.8, 4) is 10.6 Å². The summed E-state index contributed by atoms with van der Waals surface area (Å²) in [4.78, 5) is 25.6. The molecule has 148 valence electrons. The number of thiophene rings is 1. The van der Waals surface area contributed by atoms with Crippen LogP contribution in [0, 0.1) is 12.8 Å². The van der Waals surface area contributed by atoms with Crippen molar-refractivity contribution in [1.82, 2.24) is 25.3 Å². The largest absolute Gasteiger partial charge is 0.416 e. The molecular weight excluding hydrogens is 398 g/mol. The summed E-state index contributed by atoms with van der Waals surface area (Å²) >= 11 is 2.74. The highest BCUT2D eigenvalue weighted by Gasteiger charge is 2.19. The molecule has 0 aliphatic carbocycles. The van der Waals surface area contributed by atoms with Gasteiger partial charge in [-0.25, -0.2) is 4.68 Å². The molecule has 0 fully saturated rings. The number of rotatable bonds is 8. The summed E-state index contributed by atoms with van der Waals surface area (Å²) in [5.41, 5.74) is 0.543. The molecule has 10 heteroatoms. The van der Waals surface area contributed by atoms with Crippen molar-refractivity contribution in [3.63, 3.8) is 0 Å². The fraction of sp³-hybridized carbons (Fsp3) is 0.389. The van der Waals surface area contributed by atoms with Crippen LogP contribution in [0.1, 0.15) is 19.7 Å². The number of carbonyl (C=O) groups is 1. The van der Waals surface area contributed by atoms with Gasteiger partial charge in [-0.3, -0.25) is 9.59 Å². The summed E-state index contributed by atoms with van der Waals surface area (Å²) in [5, 5.41) is 17.4. The Balaban J connectivity index is 1.66. The van der Waals surface area contributed by atoms with E-state index in [1.165, 1.54) is 22.5 Å². The van der Waals surface area contributed by atoms with E-state index in [9.17, 15) is 9.59 Å². The van der Waals surface area contributed by atoms with Gasteiger partial charge >= 0.3 is 0 Å². The van der Waals surface area contributed by atoms with E-state index in [0.717, 1.165) is 10.6 Å². The van der Waals surface area contributed by atoms with E-state index in [-0.39, 0.29) is 29.2 Å². The highest BCUT2D eigenvalue weighted by Crippen LogP contribution is 2.21. The standard InChI is InChI=1S/C18H21N5O3S2/c1-11(2)14(19-16(24)10-28-18-21-20-12(3)26-18)9-23-17(25)7-6-13(22-23)15-5-4-8-27-15/h4-8,11,14H,9-10H2,1-3H3,(H,19,24)/t14-/m0/s1. The van der Waals surface area contributed by atoms with Crippen molar-refractivity contribution in [2.45, 2.75) is 38.6 Å². The molecule has 1 N–H and O–H groups in total. The molecular formula is C18H21N5O3S2. The van der Waals surface area contributed by atoms with E-state index >= 15 is 0 Å². The summed E-state index contributed by atoms with van der Waals surface area (Å²) in [6, 6.07) is 6.89. The third-order valence-corrected chi connectivity index (χ3v) is 5.71. The first-order valence-electron chi connectivity index (χ1n) is 8.76. The molecule has 0 radical (unpaired) electrons. The van der Waals surface area contributed by atoms with Gasteiger partial charge in [-0.1, -0.05) is 31.7 Å². The molecule has 0 aromatic carbocycles. The fourth-order valence-corrected chi connectivity index (χ4v) is 3.76. The Hall–Kier alpha value is -2.46. The molecule has 3 aromatic heterocycles. The van der Waals surface area contributed by atoms with Crippen LogP contribution in [-0.4, -0.2) is 37.7 Å². The molecule has 3 rings (SSSR count). The van der Waals surface area contributed by atoms with E-state index in [4.69, 9.17) is 4.42 Å². The molecule has 28 heavy (non-hydrogen) atoms. The number of thioether (sulfide) groups is 1. The lowest BCUT2D eigenvalue weighted by atomic mass is 10.0. The van der Waals surface area contributed by atoms with Gasteiger partial charge in [0.05, 0.1) is 23.2 Å². The number of hydrogen-bond acceptors (Lipinski definition) is 8. The number of aromatic nitrogens is 4. The van der Waals surface area contributed by atoms with Crippen LogP contribution in [0.2, 0.25) is 0 Å². The van der Waals surface area contributed by atoms with Crippen LogP contribution >= 0.6 is 23.1 Å². The van der Waals surface area contributed by atoms with Crippen LogP contribution in [0.15, 0.2) is 44.1 Å². The number of nitrogens with zero attached hydrogens (tertiary/aromatic N) is 4. The Morgan fingerprint density at radius 2 is 2.14 bits per heavy atom. The molecule has 0 aliphatic heterocycles. The second kappa shape index (κ2) is 9.16. The molecule has 1 atom stereocenters. The van der Waals surface area contributed by atoms with Crippen molar-refractivity contribution in [1.29, 1.82) is 0 Å². The van der Waals surface area contributed by atoms with E-state index in [2.05, 4.69) is 20.6 Å². The van der Waals surface area contributed by atoms with Gasteiger partial charge in [0.2, 0.25) is 11.8 Å². The molecule has 0 aliphatic rings. The Labute approximate surface area is 170 Å². The maximum atomic E-state index is 12.3. The van der Waals surface area contributed by atoms with Gasteiger partial charge in [0, 0.05) is 13.0 Å². The van der Waals surface area contributed by atoms with E-state index in [1.54, 1.807) is 24.3 Å². The van der Waals surface area contributed by atoms with E-state index < -0.39 is 0 Å². The average Bonchev–Trinajstić information content (AvgIpc) is 3.33. The third-order valence-electron chi connectivity index (χ3n) is 4.00. The van der Waals surface area contributed by atoms with Crippen LogP contribution in [-0.2, 0) is 11.3 Å². The second-order valence-corrected chi connectivity index (χ2v) is 8.38. The summed E-state index contributed by atoms with van der Waals surface area (Å²) < 4.78 is 6.66. The zero-order chi connectivity index (χ0) is 20.1. The normalized spacial score (nSPS) is 12.3. The van der Waals surface area contributed by atoms with Crippen molar-refractivity contribution in [3.05, 3.63) is 45.9 Å². The summed E-state index contributed by atoms with van der Waals surface area (Å²) in [6.07, 6.45) is 0. The van der Waals surface area contributed by atoms with Crippen LogP contribution < -0.4 is 10.9 Å². The predicted molar refractivity (Wildman–Crippen MR) is 108 cm³/mol. The van der Waals surface area contributed by atoms with Gasteiger partial charge in [-0.05, 0) is 23.4 Å². The molecule has 0 spiro atoms.